The van der Waals surface area contributed by atoms with Crippen molar-refractivity contribution in [3.05, 3.63) is 64.7 Å². The maximum atomic E-state index is 12.8. The summed E-state index contributed by atoms with van der Waals surface area (Å²) in [5, 5.41) is 6.04. The molecule has 10 nitrogen and oxygen atoms in total. The van der Waals surface area contributed by atoms with Crippen LogP contribution in [0.3, 0.4) is 0 Å². The average Bonchev–Trinajstić information content (AvgIpc) is 3.78. The second-order valence-electron chi connectivity index (χ2n) is 9.26. The van der Waals surface area contributed by atoms with Crippen LogP contribution in [0.15, 0.2) is 48.5 Å². The average molecular weight is 583 g/mol. The van der Waals surface area contributed by atoms with Gasteiger partial charge in [-0.15, -0.1) is 0 Å². The molecule has 0 radical (unpaired) electrons. The summed E-state index contributed by atoms with van der Waals surface area (Å²) in [4.78, 5) is 24.5. The number of rotatable bonds is 10. The van der Waals surface area contributed by atoms with E-state index < -0.39 is 45.5 Å². The van der Waals surface area contributed by atoms with Crippen LogP contribution in [0.1, 0.15) is 41.6 Å². The van der Waals surface area contributed by atoms with E-state index >= 15 is 0 Å². The second-order valence-corrected chi connectivity index (χ2v) is 11.7. The number of carbonyl (C=O) groups excluding carboxylic acids is 1. The van der Waals surface area contributed by atoms with Gasteiger partial charge in [-0.2, -0.15) is 28.1 Å². The molecule has 0 atom stereocenters. The molecule has 3 N–H and O–H groups in total. The van der Waals surface area contributed by atoms with Gasteiger partial charge in [0.1, 0.15) is 0 Å². The first-order chi connectivity index (χ1) is 18.4. The van der Waals surface area contributed by atoms with Crippen LogP contribution >= 0.6 is 11.6 Å². The molecule has 0 saturated heterocycles. The first-order valence-electron chi connectivity index (χ1n) is 11.8. The molecule has 2 saturated carbocycles. The molecular weight excluding hydrogens is 561 g/mol. The van der Waals surface area contributed by atoms with Gasteiger partial charge in [0.2, 0.25) is 21.9 Å². The van der Waals surface area contributed by atoms with E-state index in [0.717, 1.165) is 18.4 Å². The van der Waals surface area contributed by atoms with Crippen LogP contribution in [0, 0.1) is 0 Å². The van der Waals surface area contributed by atoms with E-state index in [-0.39, 0.29) is 17.5 Å². The molecule has 2 aliphatic rings. The molecule has 0 bridgehead atoms. The SMILES string of the molecule is O=C(NS(=O)(=O)C1CC1)c1ccc(Nc2nc(NC3(c4ccc(Cl)cc4)CC3)nc(OCC(F)(F)F)n2)cc1. The van der Waals surface area contributed by atoms with Crippen molar-refractivity contribution in [2.75, 3.05) is 17.2 Å². The van der Waals surface area contributed by atoms with Crippen LogP contribution in [0.25, 0.3) is 0 Å². The second kappa shape index (κ2) is 10.2. The number of alkyl halides is 3. The van der Waals surface area contributed by atoms with Crippen molar-refractivity contribution in [2.45, 2.75) is 42.6 Å². The summed E-state index contributed by atoms with van der Waals surface area (Å²) in [6.45, 7) is -1.59. The minimum Gasteiger partial charge on any atom is -0.454 e. The van der Waals surface area contributed by atoms with Crippen molar-refractivity contribution in [1.82, 2.24) is 19.7 Å². The number of sulfonamides is 1. The molecule has 15 heteroatoms. The Balaban J connectivity index is 1.34. The van der Waals surface area contributed by atoms with Gasteiger partial charge in [-0.05, 0) is 67.6 Å². The van der Waals surface area contributed by atoms with E-state index in [9.17, 15) is 26.4 Å². The van der Waals surface area contributed by atoms with E-state index in [2.05, 4.69) is 25.6 Å². The lowest BCUT2D eigenvalue weighted by atomic mass is 10.1. The Hall–Kier alpha value is -3.65. The fourth-order valence-corrected chi connectivity index (χ4v) is 5.18. The van der Waals surface area contributed by atoms with Crippen molar-refractivity contribution in [3.63, 3.8) is 0 Å². The predicted molar refractivity (Wildman–Crippen MR) is 136 cm³/mol. The topological polar surface area (TPSA) is 135 Å². The minimum atomic E-state index is -4.60. The molecule has 5 rings (SSSR count). The zero-order valence-corrected chi connectivity index (χ0v) is 21.7. The standard InChI is InChI=1S/C24H22ClF3N6O4S/c25-16-5-3-15(4-6-16)23(11-12-23)33-21-30-20(31-22(32-21)38-13-24(26,27)28)29-17-7-1-14(2-8-17)19(35)34-39(36,37)18-9-10-18/h1-8,18H,9-13H2,(H,34,35)(H2,29,30,31,32,33). The quantitative estimate of drug-likeness (QED) is 0.315. The summed E-state index contributed by atoms with van der Waals surface area (Å²) in [7, 11) is -3.70. The monoisotopic (exact) mass is 582 g/mol. The molecule has 0 unspecified atom stereocenters. The number of aromatic nitrogens is 3. The summed E-state index contributed by atoms with van der Waals surface area (Å²) in [5.41, 5.74) is 0.891. The summed E-state index contributed by atoms with van der Waals surface area (Å²) in [6, 6.07) is 12.4. The molecule has 3 aromatic rings. The van der Waals surface area contributed by atoms with Crippen LogP contribution < -0.4 is 20.1 Å². The number of nitrogens with zero attached hydrogens (tertiary/aromatic N) is 3. The van der Waals surface area contributed by atoms with Crippen LogP contribution in [-0.4, -0.2) is 47.3 Å². The first kappa shape index (κ1) is 26.9. The van der Waals surface area contributed by atoms with Gasteiger partial charge in [0, 0.05) is 16.3 Å². The van der Waals surface area contributed by atoms with E-state index in [4.69, 9.17) is 16.3 Å². The molecule has 1 heterocycles. The van der Waals surface area contributed by atoms with Crippen LogP contribution in [-0.2, 0) is 15.6 Å². The molecule has 1 amide bonds. The molecule has 39 heavy (non-hydrogen) atoms. The van der Waals surface area contributed by atoms with Crippen molar-refractivity contribution in [2.24, 2.45) is 0 Å². The lowest BCUT2D eigenvalue weighted by Crippen LogP contribution is -2.33. The summed E-state index contributed by atoms with van der Waals surface area (Å²) < 4.78 is 69.1. The van der Waals surface area contributed by atoms with E-state index in [0.29, 0.717) is 23.6 Å². The molecule has 2 fully saturated rings. The Morgan fingerprint density at radius 2 is 1.64 bits per heavy atom. The molecule has 2 aliphatic carbocycles. The zero-order valence-electron chi connectivity index (χ0n) is 20.1. The zero-order chi connectivity index (χ0) is 27.8. The fourth-order valence-electron chi connectivity index (χ4n) is 3.76. The molecule has 0 spiro atoms. The van der Waals surface area contributed by atoms with Gasteiger partial charge in [0.25, 0.3) is 5.91 Å². The Morgan fingerprint density at radius 3 is 2.23 bits per heavy atom. The highest BCUT2D eigenvalue weighted by Crippen LogP contribution is 2.48. The Bertz CT molecular complexity index is 1480. The van der Waals surface area contributed by atoms with Gasteiger partial charge in [0.15, 0.2) is 6.61 Å². The lowest BCUT2D eigenvalue weighted by molar-refractivity contribution is -0.154. The van der Waals surface area contributed by atoms with Crippen molar-refractivity contribution in [1.29, 1.82) is 0 Å². The highest BCUT2D eigenvalue weighted by Gasteiger charge is 2.45. The first-order valence-corrected chi connectivity index (χ1v) is 13.8. The molecule has 0 aliphatic heterocycles. The predicted octanol–water partition coefficient (Wildman–Crippen LogP) is 4.53. The Labute approximate surface area is 226 Å². The summed E-state index contributed by atoms with van der Waals surface area (Å²) in [6.07, 6.45) is -2.09. The van der Waals surface area contributed by atoms with Crippen LogP contribution in [0.5, 0.6) is 6.01 Å². The smallest absolute Gasteiger partial charge is 0.422 e. The van der Waals surface area contributed by atoms with Crippen molar-refractivity contribution >= 4 is 45.1 Å². The number of benzene rings is 2. The number of hydrogen-bond acceptors (Lipinski definition) is 9. The van der Waals surface area contributed by atoms with E-state index in [1.807, 2.05) is 16.9 Å². The van der Waals surface area contributed by atoms with Gasteiger partial charge in [-0.25, -0.2) is 13.1 Å². The summed E-state index contributed by atoms with van der Waals surface area (Å²) in [5.74, 6) is -0.872. The van der Waals surface area contributed by atoms with Gasteiger partial charge >= 0.3 is 12.2 Å². The third kappa shape index (κ3) is 6.87. The number of hydrogen-bond donors (Lipinski definition) is 3. The Morgan fingerprint density at radius 1 is 1.00 bits per heavy atom. The maximum absolute atomic E-state index is 12.8. The number of ether oxygens (including phenoxy) is 1. The molecular formula is C24H22ClF3N6O4S. The van der Waals surface area contributed by atoms with Gasteiger partial charge < -0.3 is 15.4 Å². The number of nitrogens with one attached hydrogen (secondary N) is 3. The third-order valence-electron chi connectivity index (χ3n) is 6.08. The van der Waals surface area contributed by atoms with Gasteiger partial charge in [-0.1, -0.05) is 23.7 Å². The summed E-state index contributed by atoms with van der Waals surface area (Å²) >= 11 is 5.98. The van der Waals surface area contributed by atoms with Crippen molar-refractivity contribution in [3.8, 4) is 6.01 Å². The van der Waals surface area contributed by atoms with Crippen LogP contribution in [0.4, 0.5) is 30.8 Å². The molecule has 206 valence electrons. The van der Waals surface area contributed by atoms with Gasteiger partial charge in [0.05, 0.1) is 10.8 Å². The van der Waals surface area contributed by atoms with E-state index in [1.165, 1.54) is 24.3 Å². The normalized spacial score (nSPS) is 16.3. The maximum Gasteiger partial charge on any atom is 0.422 e. The highest BCUT2D eigenvalue weighted by atomic mass is 35.5. The number of anilines is 3. The number of amides is 1. The molecule has 2 aromatic carbocycles. The fraction of sp³-hybridized carbons (Fsp3) is 0.333. The van der Waals surface area contributed by atoms with Crippen LogP contribution in [0.2, 0.25) is 5.02 Å². The van der Waals surface area contributed by atoms with Crippen molar-refractivity contribution < 1.29 is 31.1 Å². The number of halogens is 4. The largest absolute Gasteiger partial charge is 0.454 e. The van der Waals surface area contributed by atoms with E-state index in [1.54, 1.807) is 12.1 Å². The third-order valence-corrected chi connectivity index (χ3v) is 8.15. The highest BCUT2D eigenvalue weighted by molar-refractivity contribution is 7.91. The van der Waals surface area contributed by atoms with Gasteiger partial charge in [-0.3, -0.25) is 4.79 Å². The lowest BCUT2D eigenvalue weighted by Gasteiger charge is -2.19. The number of carbonyl (C=O) groups is 1. The minimum absolute atomic E-state index is 0.00148. The Kier molecular flexibility index (Phi) is 7.01. The molecule has 1 aromatic heterocycles.